The number of rotatable bonds is 4. The summed E-state index contributed by atoms with van der Waals surface area (Å²) < 4.78 is 32.0. The Morgan fingerprint density at radius 3 is 2.61 bits per heavy atom. The Morgan fingerprint density at radius 1 is 1.21 bits per heavy atom. The zero-order valence-corrected chi connectivity index (χ0v) is 15.7. The van der Waals surface area contributed by atoms with Gasteiger partial charge in [0.05, 0.1) is 37.4 Å². The predicted molar refractivity (Wildman–Crippen MR) is 102 cm³/mol. The van der Waals surface area contributed by atoms with E-state index in [-0.39, 0.29) is 11.4 Å². The van der Waals surface area contributed by atoms with E-state index in [1.807, 2.05) is 0 Å². The highest BCUT2D eigenvalue weighted by Gasteiger charge is 2.35. The first-order valence-electron chi connectivity index (χ1n) is 8.96. The summed E-state index contributed by atoms with van der Waals surface area (Å²) >= 11 is 0. The second-order valence-corrected chi connectivity index (χ2v) is 6.85. The molecule has 3 heterocycles. The number of imidazole rings is 1. The van der Waals surface area contributed by atoms with Crippen LogP contribution in [0.3, 0.4) is 0 Å². The van der Waals surface area contributed by atoms with E-state index in [4.69, 9.17) is 19.9 Å². The quantitative estimate of drug-likeness (QED) is 0.669. The lowest BCUT2D eigenvalue weighted by atomic mass is 9.87. The molecular weight excluding hydrogens is 365 g/mol. The van der Waals surface area contributed by atoms with Crippen LogP contribution < -0.4 is 15.2 Å². The van der Waals surface area contributed by atoms with E-state index in [0.29, 0.717) is 54.3 Å². The largest absolute Gasteiger partial charge is 0.496 e. The highest BCUT2D eigenvalue weighted by atomic mass is 19.1. The van der Waals surface area contributed by atoms with Gasteiger partial charge in [0.1, 0.15) is 11.4 Å². The van der Waals surface area contributed by atoms with Gasteiger partial charge in [0.2, 0.25) is 0 Å². The third-order valence-corrected chi connectivity index (χ3v) is 5.22. The molecule has 2 aromatic heterocycles. The first-order valence-corrected chi connectivity index (χ1v) is 8.96. The lowest BCUT2D eigenvalue weighted by Gasteiger charge is -2.33. The number of nitrogens with zero attached hydrogens (tertiary/aromatic N) is 2. The van der Waals surface area contributed by atoms with E-state index < -0.39 is 11.4 Å². The van der Waals surface area contributed by atoms with Crippen molar-refractivity contribution in [1.29, 1.82) is 0 Å². The van der Waals surface area contributed by atoms with Crippen molar-refractivity contribution in [3.63, 3.8) is 0 Å². The number of methoxy groups -OCH3 is 2. The van der Waals surface area contributed by atoms with Crippen LogP contribution in [0, 0.1) is 5.82 Å². The topological polar surface area (TPSA) is 91.2 Å². The minimum Gasteiger partial charge on any atom is -0.496 e. The number of hydrogen-bond acceptors (Lipinski definition) is 6. The van der Waals surface area contributed by atoms with Gasteiger partial charge < -0.3 is 25.1 Å². The Balaban J connectivity index is 1.89. The summed E-state index contributed by atoms with van der Waals surface area (Å²) in [7, 11) is 2.93. The standard InChI is InChI=1S/C20H22FN3O4/c1-26-17-9-18-23-10-16(12-7-14(21)19(27-2)15(22)8-12)24(18)11-13(17)20(25)3-5-28-6-4-20/h7-11,25H,3-6,22H2,1-2H3. The summed E-state index contributed by atoms with van der Waals surface area (Å²) in [5, 5.41) is 11.2. The van der Waals surface area contributed by atoms with Crippen LogP contribution in [0.2, 0.25) is 0 Å². The number of benzene rings is 1. The van der Waals surface area contributed by atoms with Gasteiger partial charge in [0.15, 0.2) is 11.6 Å². The zero-order valence-electron chi connectivity index (χ0n) is 15.7. The summed E-state index contributed by atoms with van der Waals surface area (Å²) in [6.07, 6.45) is 4.35. The number of halogens is 1. The average Bonchev–Trinajstić information content (AvgIpc) is 3.10. The lowest BCUT2D eigenvalue weighted by molar-refractivity contribution is -0.0691. The highest BCUT2D eigenvalue weighted by Crippen LogP contribution is 2.39. The van der Waals surface area contributed by atoms with Crippen molar-refractivity contribution in [3.05, 3.63) is 42.0 Å². The zero-order chi connectivity index (χ0) is 19.9. The number of nitrogens with two attached hydrogens (primary N) is 1. The lowest BCUT2D eigenvalue weighted by Crippen LogP contribution is -2.34. The number of fused-ring (bicyclic) bond motifs is 1. The molecule has 8 heteroatoms. The van der Waals surface area contributed by atoms with Crippen molar-refractivity contribution >= 4 is 11.3 Å². The molecule has 148 valence electrons. The van der Waals surface area contributed by atoms with Crippen molar-refractivity contribution in [3.8, 4) is 22.8 Å². The van der Waals surface area contributed by atoms with E-state index in [2.05, 4.69) is 4.98 Å². The SMILES string of the molecule is COc1cc2ncc(-c3cc(N)c(OC)c(F)c3)n2cc1C1(O)CCOCC1. The normalized spacial score (nSPS) is 16.3. The van der Waals surface area contributed by atoms with Gasteiger partial charge in [-0.25, -0.2) is 9.37 Å². The number of ether oxygens (including phenoxy) is 3. The number of aromatic nitrogens is 2. The molecule has 1 fully saturated rings. The molecule has 0 bridgehead atoms. The third kappa shape index (κ3) is 2.94. The van der Waals surface area contributed by atoms with Gasteiger partial charge in [-0.3, -0.25) is 4.40 Å². The van der Waals surface area contributed by atoms with Gasteiger partial charge >= 0.3 is 0 Å². The summed E-state index contributed by atoms with van der Waals surface area (Å²) in [4.78, 5) is 4.40. The van der Waals surface area contributed by atoms with Crippen molar-refractivity contribution in [2.24, 2.45) is 0 Å². The molecule has 1 aromatic carbocycles. The second-order valence-electron chi connectivity index (χ2n) is 6.85. The minimum atomic E-state index is -1.07. The van der Waals surface area contributed by atoms with Gasteiger partial charge in [-0.05, 0) is 12.1 Å². The second kappa shape index (κ2) is 6.96. The Kier molecular flexibility index (Phi) is 4.60. The van der Waals surface area contributed by atoms with Gasteiger partial charge in [0.25, 0.3) is 0 Å². The Morgan fingerprint density at radius 2 is 1.96 bits per heavy atom. The number of hydrogen-bond donors (Lipinski definition) is 2. The van der Waals surface area contributed by atoms with E-state index in [0.717, 1.165) is 0 Å². The molecule has 0 saturated carbocycles. The van der Waals surface area contributed by atoms with Crippen LogP contribution in [-0.4, -0.2) is 41.9 Å². The summed E-state index contributed by atoms with van der Waals surface area (Å²) in [5.41, 5.74) is 7.51. The maximum Gasteiger partial charge on any atom is 0.177 e. The molecular formula is C20H22FN3O4. The monoisotopic (exact) mass is 387 g/mol. The maximum absolute atomic E-state index is 14.3. The molecule has 0 amide bonds. The summed E-state index contributed by atoms with van der Waals surface area (Å²) in [6.45, 7) is 0.934. The summed E-state index contributed by atoms with van der Waals surface area (Å²) in [5.74, 6) is 0.00941. The van der Waals surface area contributed by atoms with E-state index in [1.165, 1.54) is 13.2 Å². The van der Waals surface area contributed by atoms with Crippen LogP contribution in [0.25, 0.3) is 16.9 Å². The van der Waals surface area contributed by atoms with Crippen molar-refractivity contribution in [1.82, 2.24) is 9.38 Å². The average molecular weight is 387 g/mol. The van der Waals surface area contributed by atoms with Crippen LogP contribution in [0.4, 0.5) is 10.1 Å². The first kappa shape index (κ1) is 18.5. The fraction of sp³-hybridized carbons (Fsp3) is 0.350. The molecule has 7 nitrogen and oxygen atoms in total. The van der Waals surface area contributed by atoms with Gasteiger partial charge in [-0.1, -0.05) is 0 Å². The fourth-order valence-corrected chi connectivity index (χ4v) is 3.69. The molecule has 1 aliphatic rings. The summed E-state index contributed by atoms with van der Waals surface area (Å²) in [6, 6.07) is 4.75. The van der Waals surface area contributed by atoms with E-state index in [1.54, 1.807) is 36.0 Å². The van der Waals surface area contributed by atoms with Crippen LogP contribution in [-0.2, 0) is 10.3 Å². The maximum atomic E-state index is 14.3. The molecule has 0 spiro atoms. The minimum absolute atomic E-state index is 0.0106. The van der Waals surface area contributed by atoms with Gasteiger partial charge in [-0.15, -0.1) is 0 Å². The molecule has 28 heavy (non-hydrogen) atoms. The molecule has 0 aliphatic carbocycles. The first-order chi connectivity index (χ1) is 13.5. The van der Waals surface area contributed by atoms with Crippen LogP contribution >= 0.6 is 0 Å². The fourth-order valence-electron chi connectivity index (χ4n) is 3.69. The molecule has 0 radical (unpaired) electrons. The van der Waals surface area contributed by atoms with Crippen LogP contribution in [0.15, 0.2) is 30.6 Å². The molecule has 1 aliphatic heterocycles. The van der Waals surface area contributed by atoms with Crippen LogP contribution in [0.1, 0.15) is 18.4 Å². The molecule has 4 rings (SSSR count). The smallest absolute Gasteiger partial charge is 0.177 e. The van der Waals surface area contributed by atoms with Crippen molar-refractivity contribution < 1.29 is 23.7 Å². The van der Waals surface area contributed by atoms with E-state index in [9.17, 15) is 9.50 Å². The van der Waals surface area contributed by atoms with Gasteiger partial charge in [-0.2, -0.15) is 0 Å². The van der Waals surface area contributed by atoms with Gasteiger partial charge in [0, 0.05) is 49.4 Å². The Labute approximate surface area is 161 Å². The Bertz CT molecular complexity index is 1000. The van der Waals surface area contributed by atoms with E-state index >= 15 is 0 Å². The molecule has 1 saturated heterocycles. The number of pyridine rings is 1. The third-order valence-electron chi connectivity index (χ3n) is 5.22. The molecule has 3 N–H and O–H groups in total. The van der Waals surface area contributed by atoms with Crippen LogP contribution in [0.5, 0.6) is 11.5 Å². The number of aliphatic hydroxyl groups is 1. The Hall–Kier alpha value is -2.84. The number of nitrogen functional groups attached to an aromatic ring is 1. The molecule has 3 aromatic rings. The highest BCUT2D eigenvalue weighted by molar-refractivity contribution is 5.71. The number of anilines is 1. The molecule has 0 atom stereocenters. The van der Waals surface area contributed by atoms with Crippen molar-refractivity contribution in [2.75, 3.05) is 33.2 Å². The predicted octanol–water partition coefficient (Wildman–Crippen LogP) is 2.74. The van der Waals surface area contributed by atoms with Crippen molar-refractivity contribution in [2.45, 2.75) is 18.4 Å². The molecule has 0 unspecified atom stereocenters.